The Morgan fingerprint density at radius 3 is 2.72 bits per heavy atom. The Hall–Kier alpha value is -3.65. The van der Waals surface area contributed by atoms with Crippen LogP contribution >= 0.6 is 11.3 Å². The van der Waals surface area contributed by atoms with Gasteiger partial charge in [0, 0.05) is 22.4 Å². The number of halogens is 1. The van der Waals surface area contributed by atoms with Crippen molar-refractivity contribution in [2.75, 3.05) is 7.11 Å². The van der Waals surface area contributed by atoms with E-state index in [9.17, 15) is 9.18 Å². The van der Waals surface area contributed by atoms with E-state index in [0.717, 1.165) is 5.56 Å². The van der Waals surface area contributed by atoms with E-state index in [1.807, 2.05) is 16.8 Å². The summed E-state index contributed by atoms with van der Waals surface area (Å²) in [6.07, 6.45) is 0. The fraction of sp³-hybridized carbons (Fsp3) is 0.0476. The zero-order chi connectivity index (χ0) is 20.0. The number of ether oxygens (including phenoxy) is 1. The zero-order valence-corrected chi connectivity index (χ0v) is 16.0. The van der Waals surface area contributed by atoms with Gasteiger partial charge in [-0.3, -0.25) is 0 Å². The van der Waals surface area contributed by atoms with Gasteiger partial charge in [-0.1, -0.05) is 6.07 Å². The lowest BCUT2D eigenvalue weighted by Gasteiger charge is -2.08. The third kappa shape index (κ3) is 2.94. The number of carbonyl (C=O) groups excluding carboxylic acids is 1. The number of pyridine rings is 1. The lowest BCUT2D eigenvalue weighted by molar-refractivity contribution is 0.0603. The highest BCUT2D eigenvalue weighted by atomic mass is 32.1. The van der Waals surface area contributed by atoms with E-state index in [1.54, 1.807) is 41.7 Å². The summed E-state index contributed by atoms with van der Waals surface area (Å²) >= 11 is 1.55. The number of carbonyl (C=O) groups is 1. The summed E-state index contributed by atoms with van der Waals surface area (Å²) in [4.78, 5) is 18.6. The van der Waals surface area contributed by atoms with Crippen molar-refractivity contribution < 1.29 is 13.9 Å². The maximum atomic E-state index is 13.6. The van der Waals surface area contributed by atoms with Crippen molar-refractivity contribution in [3.05, 3.63) is 70.7 Å². The minimum Gasteiger partial charge on any atom is -0.465 e. The normalized spacial score (nSPS) is 11.2. The molecular formula is C21H13FN4O2S. The Morgan fingerprint density at radius 2 is 1.97 bits per heavy atom. The Bertz CT molecular complexity index is 1380. The molecule has 0 aliphatic rings. The minimum atomic E-state index is -0.485. The minimum absolute atomic E-state index is 0.357. The average molecular weight is 404 g/mol. The highest BCUT2D eigenvalue weighted by molar-refractivity contribution is 7.08. The third-order valence-electron chi connectivity index (χ3n) is 4.58. The van der Waals surface area contributed by atoms with Crippen LogP contribution in [0.1, 0.15) is 10.4 Å². The third-order valence-corrected chi connectivity index (χ3v) is 5.27. The van der Waals surface area contributed by atoms with Crippen LogP contribution in [0.5, 0.6) is 0 Å². The molecule has 0 fully saturated rings. The van der Waals surface area contributed by atoms with E-state index < -0.39 is 5.97 Å². The van der Waals surface area contributed by atoms with E-state index in [2.05, 4.69) is 10.2 Å². The van der Waals surface area contributed by atoms with Gasteiger partial charge in [0.2, 0.25) is 0 Å². The quantitative estimate of drug-likeness (QED) is 0.410. The van der Waals surface area contributed by atoms with Gasteiger partial charge >= 0.3 is 5.97 Å². The molecule has 0 atom stereocenters. The lowest BCUT2D eigenvalue weighted by Crippen LogP contribution is -2.04. The maximum Gasteiger partial charge on any atom is 0.338 e. The van der Waals surface area contributed by atoms with Gasteiger partial charge in [-0.25, -0.2) is 14.2 Å². The van der Waals surface area contributed by atoms with Crippen LogP contribution in [0.3, 0.4) is 0 Å². The van der Waals surface area contributed by atoms with E-state index in [1.165, 1.54) is 24.0 Å². The van der Waals surface area contributed by atoms with Gasteiger partial charge in [-0.15, -0.1) is 10.2 Å². The van der Waals surface area contributed by atoms with Gasteiger partial charge in [-0.2, -0.15) is 16.1 Å². The van der Waals surface area contributed by atoms with Crippen molar-refractivity contribution in [3.8, 4) is 16.9 Å². The van der Waals surface area contributed by atoms with Crippen LogP contribution in [0.4, 0.5) is 4.39 Å². The molecule has 142 valence electrons. The summed E-state index contributed by atoms with van der Waals surface area (Å²) < 4.78 is 18.6. The molecule has 5 aromatic rings. The summed E-state index contributed by atoms with van der Waals surface area (Å²) in [5.41, 5.74) is 4.11. The molecule has 0 bridgehead atoms. The number of methoxy groups -OCH3 is 1. The summed E-state index contributed by atoms with van der Waals surface area (Å²) in [5.74, 6) is -0.868. The van der Waals surface area contributed by atoms with Gasteiger partial charge < -0.3 is 4.74 Å². The molecule has 0 amide bonds. The number of rotatable bonds is 3. The average Bonchev–Trinajstić information content (AvgIpc) is 3.42. The second kappa shape index (κ2) is 6.75. The first kappa shape index (κ1) is 17.4. The second-order valence-corrected chi connectivity index (χ2v) is 7.14. The molecule has 0 aliphatic carbocycles. The standard InChI is InChI=1S/C21H13FN4O2S/c1-28-21(27)15-10-18(12-7-8-29-11-12)23-16-5-6-17-20(19(15)16)25-26(24-17)14-4-2-3-13(22)9-14/h2-11H,1H3. The van der Waals surface area contributed by atoms with Gasteiger partial charge in [0.1, 0.15) is 16.9 Å². The number of hydrogen-bond acceptors (Lipinski definition) is 6. The first-order valence-electron chi connectivity index (χ1n) is 8.72. The molecule has 0 unspecified atom stereocenters. The number of thiophene rings is 1. The lowest BCUT2D eigenvalue weighted by atomic mass is 10.0. The monoisotopic (exact) mass is 404 g/mol. The molecule has 2 aromatic carbocycles. The number of hydrogen-bond donors (Lipinski definition) is 0. The molecule has 0 spiro atoms. The smallest absolute Gasteiger partial charge is 0.338 e. The van der Waals surface area contributed by atoms with Crippen LogP contribution in [0.25, 0.3) is 38.9 Å². The van der Waals surface area contributed by atoms with E-state index in [4.69, 9.17) is 9.72 Å². The molecule has 0 radical (unpaired) electrons. The fourth-order valence-electron chi connectivity index (χ4n) is 3.25. The molecule has 3 aromatic heterocycles. The molecule has 0 N–H and O–H groups in total. The zero-order valence-electron chi connectivity index (χ0n) is 15.2. The second-order valence-electron chi connectivity index (χ2n) is 6.36. The van der Waals surface area contributed by atoms with Crippen LogP contribution < -0.4 is 0 Å². The Kier molecular flexibility index (Phi) is 4.06. The van der Waals surface area contributed by atoms with Gasteiger partial charge in [-0.05, 0) is 41.8 Å². The largest absolute Gasteiger partial charge is 0.465 e. The summed E-state index contributed by atoms with van der Waals surface area (Å²) in [7, 11) is 1.34. The molecule has 5 rings (SSSR count). The van der Waals surface area contributed by atoms with Crippen LogP contribution in [0.2, 0.25) is 0 Å². The first-order valence-corrected chi connectivity index (χ1v) is 9.66. The van der Waals surface area contributed by atoms with E-state index in [-0.39, 0.29) is 5.82 Å². The Labute approximate surface area is 168 Å². The van der Waals surface area contributed by atoms with E-state index in [0.29, 0.717) is 38.9 Å². The molecular weight excluding hydrogens is 391 g/mol. The van der Waals surface area contributed by atoms with Crippen molar-refractivity contribution >= 4 is 39.2 Å². The van der Waals surface area contributed by atoms with Gasteiger partial charge in [0.05, 0.1) is 29.6 Å². The molecule has 0 aliphatic heterocycles. The topological polar surface area (TPSA) is 69.9 Å². The Morgan fingerprint density at radius 1 is 1.10 bits per heavy atom. The SMILES string of the molecule is COC(=O)c1cc(-c2ccsc2)nc2ccc3nn(-c4cccc(F)c4)nc3c12. The van der Waals surface area contributed by atoms with Crippen molar-refractivity contribution in [2.24, 2.45) is 0 Å². The number of benzene rings is 2. The Balaban J connectivity index is 1.80. The maximum absolute atomic E-state index is 13.6. The van der Waals surface area contributed by atoms with Crippen LogP contribution in [-0.2, 0) is 4.74 Å². The van der Waals surface area contributed by atoms with Crippen LogP contribution in [-0.4, -0.2) is 33.1 Å². The first-order chi connectivity index (χ1) is 14.1. The van der Waals surface area contributed by atoms with Crippen molar-refractivity contribution in [3.63, 3.8) is 0 Å². The summed E-state index contributed by atoms with van der Waals surface area (Å²) in [6, 6.07) is 13.2. The van der Waals surface area contributed by atoms with Gasteiger partial charge in [0.25, 0.3) is 0 Å². The highest BCUT2D eigenvalue weighted by Gasteiger charge is 2.19. The molecule has 29 heavy (non-hydrogen) atoms. The predicted molar refractivity (Wildman–Crippen MR) is 109 cm³/mol. The number of fused-ring (bicyclic) bond motifs is 3. The van der Waals surface area contributed by atoms with Crippen molar-refractivity contribution in [1.82, 2.24) is 20.0 Å². The fourth-order valence-corrected chi connectivity index (χ4v) is 3.89. The molecule has 6 nitrogen and oxygen atoms in total. The highest BCUT2D eigenvalue weighted by Crippen LogP contribution is 2.31. The molecule has 8 heteroatoms. The van der Waals surface area contributed by atoms with Gasteiger partial charge in [0.15, 0.2) is 0 Å². The molecule has 3 heterocycles. The number of nitrogens with zero attached hydrogens (tertiary/aromatic N) is 4. The van der Waals surface area contributed by atoms with E-state index >= 15 is 0 Å². The van der Waals surface area contributed by atoms with Crippen LogP contribution in [0.15, 0.2) is 59.3 Å². The van der Waals surface area contributed by atoms with Crippen LogP contribution in [0, 0.1) is 5.82 Å². The predicted octanol–water partition coefficient (Wildman–Crippen LogP) is 4.62. The molecule has 0 saturated heterocycles. The molecule has 0 saturated carbocycles. The van der Waals surface area contributed by atoms with Crippen molar-refractivity contribution in [2.45, 2.75) is 0 Å². The number of esters is 1. The summed E-state index contributed by atoms with van der Waals surface area (Å²) in [5, 5.41) is 13.4. The van der Waals surface area contributed by atoms with Crippen molar-refractivity contribution in [1.29, 1.82) is 0 Å². The number of aromatic nitrogens is 4. The summed E-state index contributed by atoms with van der Waals surface area (Å²) in [6.45, 7) is 0.